The van der Waals surface area contributed by atoms with Crippen LogP contribution in [0.15, 0.2) is 0 Å². The smallest absolute Gasteiger partial charge is 0.223 e. The molecule has 2 aliphatic heterocycles. The number of morpholine rings is 1. The van der Waals surface area contributed by atoms with E-state index in [-0.39, 0.29) is 0 Å². The third-order valence-corrected chi connectivity index (χ3v) is 4.00. The molecule has 0 bridgehead atoms. The van der Waals surface area contributed by atoms with Gasteiger partial charge in [-0.1, -0.05) is 6.92 Å². The van der Waals surface area contributed by atoms with Crippen molar-refractivity contribution in [1.82, 2.24) is 10.2 Å². The topological polar surface area (TPSA) is 41.6 Å². The van der Waals surface area contributed by atoms with Crippen molar-refractivity contribution in [3.8, 4) is 0 Å². The van der Waals surface area contributed by atoms with Gasteiger partial charge in [-0.15, -0.1) is 0 Å². The van der Waals surface area contributed by atoms with Gasteiger partial charge in [0.1, 0.15) is 0 Å². The summed E-state index contributed by atoms with van der Waals surface area (Å²) in [5.41, 5.74) is 0. The Morgan fingerprint density at radius 3 is 2.88 bits per heavy atom. The maximum absolute atomic E-state index is 12.1. The molecule has 0 aliphatic carbocycles. The number of carbonyl (C=O) groups excluding carboxylic acids is 1. The Kier molecular flexibility index (Phi) is 4.80. The first-order valence-electron chi connectivity index (χ1n) is 6.83. The number of hydrogen-bond donors (Lipinski definition) is 1. The number of amides is 1. The molecular formula is C13H24N2O2. The Bertz CT molecular complexity index is 246. The molecule has 0 aromatic heterocycles. The zero-order valence-corrected chi connectivity index (χ0v) is 10.8. The van der Waals surface area contributed by atoms with Gasteiger partial charge in [-0.25, -0.2) is 0 Å². The van der Waals surface area contributed by atoms with Crippen LogP contribution in [0.4, 0.5) is 0 Å². The summed E-state index contributed by atoms with van der Waals surface area (Å²) in [5.74, 6) is 1.48. The monoisotopic (exact) mass is 240 g/mol. The van der Waals surface area contributed by atoms with E-state index in [0.717, 1.165) is 26.2 Å². The Balaban J connectivity index is 1.76. The normalized spacial score (nSPS) is 27.8. The lowest BCUT2D eigenvalue weighted by Crippen LogP contribution is -2.42. The van der Waals surface area contributed by atoms with Crippen LogP contribution in [-0.2, 0) is 9.53 Å². The summed E-state index contributed by atoms with van der Waals surface area (Å²) < 4.78 is 5.27. The number of nitrogens with zero attached hydrogens (tertiary/aromatic N) is 1. The predicted molar refractivity (Wildman–Crippen MR) is 66.8 cm³/mol. The molecule has 2 saturated heterocycles. The molecule has 17 heavy (non-hydrogen) atoms. The van der Waals surface area contributed by atoms with Crippen molar-refractivity contribution in [1.29, 1.82) is 0 Å². The van der Waals surface area contributed by atoms with E-state index in [1.54, 1.807) is 0 Å². The average molecular weight is 240 g/mol. The van der Waals surface area contributed by atoms with E-state index in [4.69, 9.17) is 4.74 Å². The van der Waals surface area contributed by atoms with E-state index in [0.29, 0.717) is 37.4 Å². The number of hydrogen-bond acceptors (Lipinski definition) is 3. The fourth-order valence-corrected chi connectivity index (χ4v) is 2.75. The van der Waals surface area contributed by atoms with Gasteiger partial charge in [-0.2, -0.15) is 0 Å². The highest BCUT2D eigenvalue weighted by Crippen LogP contribution is 2.23. The SMILES string of the molecule is C[C@H](CC(=O)N1CCOCC1)[C@@H]1CCCNC1. The van der Waals surface area contributed by atoms with Crippen molar-refractivity contribution in [2.45, 2.75) is 26.2 Å². The highest BCUT2D eigenvalue weighted by Gasteiger charge is 2.24. The highest BCUT2D eigenvalue weighted by molar-refractivity contribution is 5.76. The summed E-state index contributed by atoms with van der Waals surface area (Å²) in [6.07, 6.45) is 3.22. The van der Waals surface area contributed by atoms with Gasteiger partial charge in [0.2, 0.25) is 5.91 Å². The van der Waals surface area contributed by atoms with Gasteiger partial charge in [-0.3, -0.25) is 4.79 Å². The van der Waals surface area contributed by atoms with Crippen molar-refractivity contribution in [3.05, 3.63) is 0 Å². The quantitative estimate of drug-likeness (QED) is 0.796. The van der Waals surface area contributed by atoms with E-state index < -0.39 is 0 Å². The number of nitrogens with one attached hydrogen (secondary N) is 1. The third-order valence-electron chi connectivity index (χ3n) is 4.00. The summed E-state index contributed by atoms with van der Waals surface area (Å²) in [4.78, 5) is 14.1. The molecule has 2 aliphatic rings. The molecular weight excluding hydrogens is 216 g/mol. The van der Waals surface area contributed by atoms with Crippen LogP contribution in [0.25, 0.3) is 0 Å². The first-order valence-corrected chi connectivity index (χ1v) is 6.83. The van der Waals surface area contributed by atoms with Crippen molar-refractivity contribution in [2.75, 3.05) is 39.4 Å². The van der Waals surface area contributed by atoms with E-state index in [9.17, 15) is 4.79 Å². The molecule has 2 fully saturated rings. The molecule has 0 saturated carbocycles. The fourth-order valence-electron chi connectivity index (χ4n) is 2.75. The molecule has 2 rings (SSSR count). The van der Waals surface area contributed by atoms with Gasteiger partial charge < -0.3 is 15.0 Å². The molecule has 0 unspecified atom stereocenters. The van der Waals surface area contributed by atoms with E-state index in [1.807, 2.05) is 4.90 Å². The molecule has 4 heteroatoms. The van der Waals surface area contributed by atoms with Crippen LogP contribution in [0.3, 0.4) is 0 Å². The molecule has 4 nitrogen and oxygen atoms in total. The minimum Gasteiger partial charge on any atom is -0.378 e. The minimum atomic E-state index is 0.311. The lowest BCUT2D eigenvalue weighted by Gasteiger charge is -2.31. The summed E-state index contributed by atoms with van der Waals surface area (Å²) >= 11 is 0. The molecule has 0 aromatic carbocycles. The summed E-state index contributed by atoms with van der Waals surface area (Å²) in [7, 11) is 0. The molecule has 2 atom stereocenters. The van der Waals surface area contributed by atoms with Crippen LogP contribution in [0.1, 0.15) is 26.2 Å². The van der Waals surface area contributed by atoms with E-state index in [1.165, 1.54) is 12.8 Å². The number of carbonyl (C=O) groups is 1. The van der Waals surface area contributed by atoms with Crippen LogP contribution < -0.4 is 5.32 Å². The maximum Gasteiger partial charge on any atom is 0.223 e. The largest absolute Gasteiger partial charge is 0.378 e. The summed E-state index contributed by atoms with van der Waals surface area (Å²) in [6.45, 7) is 7.38. The van der Waals surface area contributed by atoms with Gasteiger partial charge in [0.15, 0.2) is 0 Å². The Labute approximate surface area is 104 Å². The van der Waals surface area contributed by atoms with Gasteiger partial charge in [0, 0.05) is 19.5 Å². The summed E-state index contributed by atoms with van der Waals surface area (Å²) in [5, 5.41) is 3.42. The van der Waals surface area contributed by atoms with Crippen molar-refractivity contribution >= 4 is 5.91 Å². The van der Waals surface area contributed by atoms with Crippen molar-refractivity contribution in [3.63, 3.8) is 0 Å². The first kappa shape index (κ1) is 12.8. The van der Waals surface area contributed by atoms with Crippen LogP contribution in [0.5, 0.6) is 0 Å². The van der Waals surface area contributed by atoms with Crippen molar-refractivity contribution < 1.29 is 9.53 Å². The maximum atomic E-state index is 12.1. The predicted octanol–water partition coefficient (Wildman–Crippen LogP) is 0.871. The molecule has 0 spiro atoms. The molecule has 0 aromatic rings. The van der Waals surface area contributed by atoms with E-state index >= 15 is 0 Å². The number of ether oxygens (including phenoxy) is 1. The number of piperidine rings is 1. The Morgan fingerprint density at radius 1 is 1.47 bits per heavy atom. The summed E-state index contributed by atoms with van der Waals surface area (Å²) in [6, 6.07) is 0. The zero-order chi connectivity index (χ0) is 12.1. The molecule has 1 N–H and O–H groups in total. The van der Waals surface area contributed by atoms with Crippen LogP contribution in [0, 0.1) is 11.8 Å². The van der Waals surface area contributed by atoms with Gasteiger partial charge in [0.25, 0.3) is 0 Å². The van der Waals surface area contributed by atoms with Gasteiger partial charge in [0.05, 0.1) is 13.2 Å². The molecule has 2 heterocycles. The lowest BCUT2D eigenvalue weighted by atomic mass is 9.85. The minimum absolute atomic E-state index is 0.311. The standard InChI is InChI=1S/C13H24N2O2/c1-11(12-3-2-4-14-10-12)9-13(16)15-5-7-17-8-6-15/h11-12,14H,2-10H2,1H3/t11-,12-/m1/s1. The van der Waals surface area contributed by atoms with Gasteiger partial charge in [-0.05, 0) is 37.8 Å². The Hall–Kier alpha value is -0.610. The van der Waals surface area contributed by atoms with Crippen LogP contribution in [0.2, 0.25) is 0 Å². The molecule has 0 radical (unpaired) electrons. The second kappa shape index (κ2) is 6.36. The molecule has 1 amide bonds. The van der Waals surface area contributed by atoms with Crippen LogP contribution in [-0.4, -0.2) is 50.2 Å². The first-order chi connectivity index (χ1) is 8.27. The zero-order valence-electron chi connectivity index (χ0n) is 10.8. The Morgan fingerprint density at radius 2 is 2.24 bits per heavy atom. The average Bonchev–Trinajstić information content (AvgIpc) is 2.40. The third kappa shape index (κ3) is 3.68. The lowest BCUT2D eigenvalue weighted by molar-refractivity contribution is -0.136. The van der Waals surface area contributed by atoms with E-state index in [2.05, 4.69) is 12.2 Å². The van der Waals surface area contributed by atoms with Gasteiger partial charge >= 0.3 is 0 Å². The molecule has 98 valence electrons. The van der Waals surface area contributed by atoms with Crippen molar-refractivity contribution in [2.24, 2.45) is 11.8 Å². The number of rotatable bonds is 3. The second-order valence-corrected chi connectivity index (χ2v) is 5.28. The second-order valence-electron chi connectivity index (χ2n) is 5.28. The highest BCUT2D eigenvalue weighted by atomic mass is 16.5. The fraction of sp³-hybridized carbons (Fsp3) is 0.923. The van der Waals surface area contributed by atoms with Crippen LogP contribution >= 0.6 is 0 Å².